The topological polar surface area (TPSA) is 3.24 Å². The summed E-state index contributed by atoms with van der Waals surface area (Å²) in [5.41, 5.74) is 4.91. The maximum absolute atomic E-state index is 4.00. The van der Waals surface area contributed by atoms with Gasteiger partial charge in [0.05, 0.1) is 0 Å². The van der Waals surface area contributed by atoms with Crippen LogP contribution in [-0.4, -0.2) is 18.5 Å². The summed E-state index contributed by atoms with van der Waals surface area (Å²) in [5.74, 6) is 0. The molecule has 0 saturated heterocycles. The molecule has 2 rings (SSSR count). The van der Waals surface area contributed by atoms with E-state index in [1.54, 1.807) is 0 Å². The minimum absolute atomic E-state index is 0. The molecule has 2 aromatic rings. The first-order chi connectivity index (χ1) is 10.1. The van der Waals surface area contributed by atoms with Gasteiger partial charge in [-0.15, -0.1) is 12.4 Å². The van der Waals surface area contributed by atoms with Crippen LogP contribution in [0.1, 0.15) is 23.6 Å². The minimum Gasteiger partial charge on any atom is -0.298 e. The number of likely N-dealkylation sites (N-methyl/N-ethyl adjacent to an activating group) is 1. The van der Waals surface area contributed by atoms with E-state index in [0.717, 1.165) is 18.7 Å². The first-order valence-corrected chi connectivity index (χ1v) is 7.30. The highest BCUT2D eigenvalue weighted by molar-refractivity contribution is 5.85. The van der Waals surface area contributed by atoms with E-state index in [2.05, 4.69) is 79.2 Å². The molecule has 0 aromatic heterocycles. The number of hydrogen-bond acceptors (Lipinski definition) is 1. The summed E-state index contributed by atoms with van der Waals surface area (Å²) in [5, 5.41) is 0. The van der Waals surface area contributed by atoms with Gasteiger partial charge in [0, 0.05) is 13.1 Å². The van der Waals surface area contributed by atoms with Gasteiger partial charge in [-0.1, -0.05) is 78.9 Å². The Balaban J connectivity index is 0.00000242. The van der Waals surface area contributed by atoms with Crippen molar-refractivity contribution < 1.29 is 0 Å². The molecule has 0 spiro atoms. The maximum Gasteiger partial charge on any atom is 0.0234 e. The van der Waals surface area contributed by atoms with E-state index in [9.17, 15) is 0 Å². The Hall–Kier alpha value is -1.83. The van der Waals surface area contributed by atoms with Crippen molar-refractivity contribution in [2.75, 3.05) is 13.6 Å². The van der Waals surface area contributed by atoms with Gasteiger partial charge < -0.3 is 0 Å². The lowest BCUT2D eigenvalue weighted by molar-refractivity contribution is 0.364. The van der Waals surface area contributed by atoms with Gasteiger partial charge in [-0.25, -0.2) is 0 Å². The van der Waals surface area contributed by atoms with Crippen LogP contribution >= 0.6 is 12.4 Å². The zero-order valence-electron chi connectivity index (χ0n) is 13.3. The van der Waals surface area contributed by atoms with Crippen molar-refractivity contribution in [3.05, 3.63) is 83.9 Å². The van der Waals surface area contributed by atoms with Crippen LogP contribution in [0.4, 0.5) is 0 Å². The summed E-state index contributed by atoms with van der Waals surface area (Å²) in [7, 11) is 2.14. The number of nitrogens with zero attached hydrogens (tertiary/aromatic N) is 1. The molecule has 0 heterocycles. The quantitative estimate of drug-likeness (QED) is 0.700. The molecule has 2 aromatic carbocycles. The van der Waals surface area contributed by atoms with Crippen molar-refractivity contribution in [3.63, 3.8) is 0 Å². The average Bonchev–Trinajstić information content (AvgIpc) is 2.48. The van der Waals surface area contributed by atoms with Crippen LogP contribution in [0.5, 0.6) is 0 Å². The molecule has 116 valence electrons. The maximum atomic E-state index is 4.00. The van der Waals surface area contributed by atoms with Crippen molar-refractivity contribution in [1.82, 2.24) is 4.90 Å². The monoisotopic (exact) mass is 313 g/mol. The molecule has 22 heavy (non-hydrogen) atoms. The molecule has 2 heteroatoms. The van der Waals surface area contributed by atoms with E-state index in [1.807, 2.05) is 13.0 Å². The number of allylic oxidation sites excluding steroid dienone is 1. The molecule has 0 bridgehead atoms. The summed E-state index contributed by atoms with van der Waals surface area (Å²) in [6.45, 7) is 7.93. The highest BCUT2D eigenvalue weighted by atomic mass is 35.5. The van der Waals surface area contributed by atoms with Crippen molar-refractivity contribution in [1.29, 1.82) is 0 Å². The third-order valence-electron chi connectivity index (χ3n) is 3.40. The lowest BCUT2D eigenvalue weighted by Gasteiger charge is -2.15. The van der Waals surface area contributed by atoms with Gasteiger partial charge in [0.15, 0.2) is 0 Å². The molecule has 0 N–H and O–H groups in total. The van der Waals surface area contributed by atoms with Gasteiger partial charge >= 0.3 is 0 Å². The van der Waals surface area contributed by atoms with Crippen LogP contribution in [0, 0.1) is 0 Å². The molecule has 0 aliphatic rings. The Morgan fingerprint density at radius 3 is 2.50 bits per heavy atom. The molecule has 0 amide bonds. The zero-order chi connectivity index (χ0) is 15.1. The van der Waals surface area contributed by atoms with E-state index in [0.29, 0.717) is 0 Å². The standard InChI is InChI=1S/C20H23N.ClH/c1-17(2)20-13-7-11-19(15-20)16-21(3)14-8-12-18-9-5-4-6-10-18;/h4-13,15H,1,14,16H2,2-3H3;1H. The van der Waals surface area contributed by atoms with E-state index in [-0.39, 0.29) is 12.4 Å². The van der Waals surface area contributed by atoms with E-state index in [4.69, 9.17) is 0 Å². The fraction of sp³-hybridized carbons (Fsp3) is 0.200. The summed E-state index contributed by atoms with van der Waals surface area (Å²) >= 11 is 0. The molecule has 0 fully saturated rings. The SMILES string of the molecule is C=C(C)c1cccc(CN(C)CC=Cc2ccccc2)c1.Cl. The molecule has 1 nitrogen and oxygen atoms in total. The zero-order valence-corrected chi connectivity index (χ0v) is 14.1. The second-order valence-electron chi connectivity index (χ2n) is 5.49. The van der Waals surface area contributed by atoms with Crippen molar-refractivity contribution >= 4 is 24.1 Å². The lowest BCUT2D eigenvalue weighted by Crippen LogP contribution is -2.17. The van der Waals surface area contributed by atoms with Crippen molar-refractivity contribution in [3.8, 4) is 0 Å². The van der Waals surface area contributed by atoms with Crippen molar-refractivity contribution in [2.45, 2.75) is 13.5 Å². The number of halogens is 1. The Bertz CT molecular complexity index is 617. The van der Waals surface area contributed by atoms with Crippen LogP contribution in [0.3, 0.4) is 0 Å². The number of hydrogen-bond donors (Lipinski definition) is 0. The second kappa shape index (κ2) is 9.24. The fourth-order valence-electron chi connectivity index (χ4n) is 2.24. The van der Waals surface area contributed by atoms with E-state index < -0.39 is 0 Å². The highest BCUT2D eigenvalue weighted by Crippen LogP contribution is 2.14. The average molecular weight is 314 g/mol. The fourth-order valence-corrected chi connectivity index (χ4v) is 2.24. The van der Waals surface area contributed by atoms with Gasteiger partial charge in [0.25, 0.3) is 0 Å². The molecule has 0 aliphatic heterocycles. The molecule has 0 aliphatic carbocycles. The smallest absolute Gasteiger partial charge is 0.0234 e. The summed E-state index contributed by atoms with van der Waals surface area (Å²) in [4.78, 5) is 2.30. The van der Waals surface area contributed by atoms with Crippen LogP contribution in [0.25, 0.3) is 11.6 Å². The largest absolute Gasteiger partial charge is 0.298 e. The lowest BCUT2D eigenvalue weighted by atomic mass is 10.1. The molecule has 0 unspecified atom stereocenters. The van der Waals surface area contributed by atoms with Gasteiger partial charge in [-0.05, 0) is 30.7 Å². The number of rotatable bonds is 6. The van der Waals surface area contributed by atoms with Crippen molar-refractivity contribution in [2.24, 2.45) is 0 Å². The van der Waals surface area contributed by atoms with Crippen LogP contribution in [0.15, 0.2) is 67.3 Å². The third kappa shape index (κ3) is 5.88. The Morgan fingerprint density at radius 1 is 1.09 bits per heavy atom. The number of benzene rings is 2. The van der Waals surface area contributed by atoms with E-state index in [1.165, 1.54) is 16.7 Å². The summed E-state index contributed by atoms with van der Waals surface area (Å²) < 4.78 is 0. The molecular formula is C20H24ClN. The van der Waals surface area contributed by atoms with Crippen LogP contribution in [0.2, 0.25) is 0 Å². The highest BCUT2D eigenvalue weighted by Gasteiger charge is 2.00. The molecule has 0 atom stereocenters. The minimum atomic E-state index is 0. The Morgan fingerprint density at radius 2 is 1.82 bits per heavy atom. The first kappa shape index (κ1) is 18.2. The third-order valence-corrected chi connectivity index (χ3v) is 3.40. The summed E-state index contributed by atoms with van der Waals surface area (Å²) in [6.07, 6.45) is 4.37. The molecule has 0 saturated carbocycles. The molecular weight excluding hydrogens is 290 g/mol. The van der Waals surface area contributed by atoms with E-state index >= 15 is 0 Å². The Kier molecular flexibility index (Phi) is 7.65. The first-order valence-electron chi connectivity index (χ1n) is 7.30. The normalized spacial score (nSPS) is 10.7. The van der Waals surface area contributed by atoms with Gasteiger partial charge in [-0.3, -0.25) is 4.90 Å². The predicted molar refractivity (Wildman–Crippen MR) is 100 cm³/mol. The van der Waals surface area contributed by atoms with Gasteiger partial charge in [0.1, 0.15) is 0 Å². The molecule has 0 radical (unpaired) electrons. The predicted octanol–water partition coefficient (Wildman–Crippen LogP) is 5.29. The van der Waals surface area contributed by atoms with Crippen LogP contribution in [-0.2, 0) is 6.54 Å². The Labute approximate surface area is 140 Å². The summed E-state index contributed by atoms with van der Waals surface area (Å²) in [6, 6.07) is 19.0. The van der Waals surface area contributed by atoms with Gasteiger partial charge in [-0.2, -0.15) is 0 Å². The van der Waals surface area contributed by atoms with Gasteiger partial charge in [0.2, 0.25) is 0 Å². The second-order valence-corrected chi connectivity index (χ2v) is 5.49. The van der Waals surface area contributed by atoms with Crippen LogP contribution < -0.4 is 0 Å².